The Morgan fingerprint density at radius 3 is 1.60 bits per heavy atom. The van der Waals surface area contributed by atoms with E-state index in [1.54, 1.807) is 0 Å². The third-order valence-electron chi connectivity index (χ3n) is 0.250. The van der Waals surface area contributed by atoms with Crippen molar-refractivity contribution < 1.29 is 0 Å². The van der Waals surface area contributed by atoms with Crippen LogP contribution in [0.4, 0.5) is 0 Å². The standard InChI is InChI=1S/2CH2Si.Sn/c2*1-2;/h2*1H2;/q;;+2. The van der Waals surface area contributed by atoms with Gasteiger partial charge in [-0.1, -0.05) is 0 Å². The van der Waals surface area contributed by atoms with Gasteiger partial charge in [0, 0.05) is 0 Å². The molecule has 0 heterocycles. The Kier molecular flexibility index (Phi) is 6.52. The molecule has 0 N–H and O–H groups in total. The first-order valence-electron chi connectivity index (χ1n) is 1.41. The molecule has 0 aliphatic heterocycles. The van der Waals surface area contributed by atoms with Crippen LogP contribution in [0.25, 0.3) is 0 Å². The monoisotopic (exact) mass is 204 g/mol. The molecule has 0 aliphatic carbocycles. The van der Waals surface area contributed by atoms with Gasteiger partial charge in [-0.2, -0.15) is 0 Å². The zero-order chi connectivity index (χ0) is 4.12. The van der Waals surface area contributed by atoms with E-state index in [9.17, 15) is 0 Å². The molecule has 0 bridgehead atoms. The first kappa shape index (κ1) is 6.23. The summed E-state index contributed by atoms with van der Waals surface area (Å²) in [6.07, 6.45) is 0. The summed E-state index contributed by atoms with van der Waals surface area (Å²) in [6, 6.07) is 0. The Bertz CT molecular complexity index is 15.1. The summed E-state index contributed by atoms with van der Waals surface area (Å²) in [7, 11) is 6.79. The molecular formula is C2H4Si2Sn+2. The van der Waals surface area contributed by atoms with Crippen LogP contribution >= 0.6 is 0 Å². The Morgan fingerprint density at radius 1 is 1.20 bits per heavy atom. The Labute approximate surface area is 49.8 Å². The minimum atomic E-state index is 0.0449. The molecule has 0 aromatic carbocycles. The molecule has 0 aliphatic rings. The number of hydrogen-bond acceptors (Lipinski definition) is 0. The van der Waals surface area contributed by atoms with Crippen LogP contribution in [0.2, 0.25) is 8.12 Å². The van der Waals surface area contributed by atoms with Crippen molar-refractivity contribution in [3.8, 4) is 0 Å². The molecule has 0 aromatic heterocycles. The molecular weight excluding hydrogens is 199 g/mol. The van der Waals surface area contributed by atoms with Gasteiger partial charge in [-0.15, -0.1) is 0 Å². The van der Waals surface area contributed by atoms with Gasteiger partial charge >= 0.3 is 49.7 Å². The fourth-order valence-electron chi connectivity index (χ4n) is 0.0625. The van der Waals surface area contributed by atoms with E-state index in [2.05, 4.69) is 20.5 Å². The van der Waals surface area contributed by atoms with Crippen LogP contribution in [0.1, 0.15) is 0 Å². The van der Waals surface area contributed by atoms with Crippen molar-refractivity contribution in [3.63, 3.8) is 0 Å². The molecule has 0 atom stereocenters. The van der Waals surface area contributed by atoms with Crippen molar-refractivity contribution in [2.45, 2.75) is 8.12 Å². The van der Waals surface area contributed by atoms with Crippen LogP contribution in [0.5, 0.6) is 0 Å². The molecule has 0 aromatic rings. The fraction of sp³-hybridized carbons (Fsp3) is 1.00. The molecule has 0 rings (SSSR count). The first-order valence-corrected chi connectivity index (χ1v) is 6.86. The molecule has 0 nitrogen and oxygen atoms in total. The zero-order valence-corrected chi connectivity index (χ0v) is 7.77. The topological polar surface area (TPSA) is 0 Å². The van der Waals surface area contributed by atoms with E-state index < -0.39 is 0 Å². The number of hydrogen-bond donors (Lipinski definition) is 0. The molecule has 0 saturated heterocycles. The van der Waals surface area contributed by atoms with Gasteiger partial charge in [-0.25, -0.2) is 0 Å². The predicted molar refractivity (Wildman–Crippen MR) is 26.9 cm³/mol. The van der Waals surface area contributed by atoms with Gasteiger partial charge in [-0.3, -0.25) is 0 Å². The summed E-state index contributed by atoms with van der Waals surface area (Å²) >= 11 is 0.0449. The summed E-state index contributed by atoms with van der Waals surface area (Å²) in [5.41, 5.74) is 0. The SMILES string of the molecule is [Si][CH2][Sn+2][CH2][Si]. The minimum absolute atomic E-state index is 0.0449. The van der Waals surface area contributed by atoms with Gasteiger partial charge < -0.3 is 0 Å². The van der Waals surface area contributed by atoms with E-state index in [-0.39, 0.29) is 21.1 Å². The normalized spacial score (nSPS) is 6.80. The second-order valence-corrected chi connectivity index (χ2v) is 8.79. The maximum absolute atomic E-state index is 3.39. The van der Waals surface area contributed by atoms with Crippen molar-refractivity contribution in [2.75, 3.05) is 0 Å². The van der Waals surface area contributed by atoms with Crippen LogP contribution in [-0.2, 0) is 0 Å². The molecule has 6 radical (unpaired) electrons. The van der Waals surface area contributed by atoms with Gasteiger partial charge in [0.15, 0.2) is 0 Å². The third kappa shape index (κ3) is 5.23. The summed E-state index contributed by atoms with van der Waals surface area (Å²) in [6.45, 7) is 0. The van der Waals surface area contributed by atoms with Crippen molar-refractivity contribution >= 4 is 41.6 Å². The van der Waals surface area contributed by atoms with Crippen molar-refractivity contribution in [3.05, 3.63) is 0 Å². The van der Waals surface area contributed by atoms with Gasteiger partial charge in [0.25, 0.3) is 0 Å². The van der Waals surface area contributed by atoms with E-state index in [1.165, 1.54) is 8.12 Å². The van der Waals surface area contributed by atoms with Crippen LogP contribution < -0.4 is 0 Å². The van der Waals surface area contributed by atoms with Gasteiger partial charge in [-0.05, 0) is 0 Å². The quantitative estimate of drug-likeness (QED) is 0.544. The molecule has 0 unspecified atom stereocenters. The molecule has 3 heteroatoms. The fourth-order valence-corrected chi connectivity index (χ4v) is 3.77. The Balaban J connectivity index is 2.19. The summed E-state index contributed by atoms with van der Waals surface area (Å²) in [5, 5.41) is 0. The van der Waals surface area contributed by atoms with E-state index in [0.29, 0.717) is 0 Å². The second kappa shape index (κ2) is 5.23. The molecule has 0 fully saturated rings. The van der Waals surface area contributed by atoms with Crippen LogP contribution in [0, 0.1) is 0 Å². The van der Waals surface area contributed by atoms with E-state index in [0.717, 1.165) is 0 Å². The van der Waals surface area contributed by atoms with Crippen molar-refractivity contribution in [1.82, 2.24) is 0 Å². The summed E-state index contributed by atoms with van der Waals surface area (Å²) in [4.78, 5) is 0. The van der Waals surface area contributed by atoms with E-state index in [1.807, 2.05) is 0 Å². The summed E-state index contributed by atoms with van der Waals surface area (Å²) < 4.78 is 2.54. The Morgan fingerprint density at radius 2 is 1.60 bits per heavy atom. The van der Waals surface area contributed by atoms with Crippen LogP contribution in [0.15, 0.2) is 0 Å². The van der Waals surface area contributed by atoms with Gasteiger partial charge in [0.2, 0.25) is 0 Å². The predicted octanol–water partition coefficient (Wildman–Crippen LogP) is -0.221. The second-order valence-electron chi connectivity index (χ2n) is 0.604. The molecule has 5 heavy (non-hydrogen) atoms. The maximum atomic E-state index is 3.39. The van der Waals surface area contributed by atoms with Crippen LogP contribution in [0.3, 0.4) is 0 Å². The van der Waals surface area contributed by atoms with E-state index in [4.69, 9.17) is 0 Å². The average Bonchev–Trinajstić information content (AvgIpc) is 1.41. The van der Waals surface area contributed by atoms with Crippen molar-refractivity contribution in [1.29, 1.82) is 0 Å². The molecule has 0 amide bonds. The Hall–Kier alpha value is 1.23. The van der Waals surface area contributed by atoms with E-state index >= 15 is 0 Å². The van der Waals surface area contributed by atoms with Gasteiger partial charge in [0.05, 0.1) is 0 Å². The average molecular weight is 203 g/mol. The molecule has 22 valence electrons. The summed E-state index contributed by atoms with van der Waals surface area (Å²) in [5.74, 6) is 0. The molecule has 0 spiro atoms. The molecule has 0 saturated carbocycles. The first-order chi connectivity index (χ1) is 2.41. The van der Waals surface area contributed by atoms with Crippen LogP contribution in [-0.4, -0.2) is 41.6 Å². The third-order valence-corrected chi connectivity index (χ3v) is 5.03. The zero-order valence-electron chi connectivity index (χ0n) is 2.91. The van der Waals surface area contributed by atoms with Crippen molar-refractivity contribution in [2.24, 2.45) is 0 Å². The van der Waals surface area contributed by atoms with Gasteiger partial charge in [0.1, 0.15) is 0 Å². The number of rotatable bonds is 2.